The number of hydrogen-bond acceptors (Lipinski definition) is 4. The van der Waals surface area contributed by atoms with Crippen molar-refractivity contribution in [1.29, 1.82) is 0 Å². The van der Waals surface area contributed by atoms with Gasteiger partial charge in [0.2, 0.25) is 0 Å². The standard InChI is InChI=1S/C17H24N4O2/c22-15-17(21-16(23)20-15)9-7-14(8-10-17)19-12-4-11-18-13-5-2-1-3-6-13/h1-3,5-6,14,18-19H,4,7-12H2,(H2,20,21,22,23). The van der Waals surface area contributed by atoms with Gasteiger partial charge in [0.1, 0.15) is 5.54 Å². The average molecular weight is 316 g/mol. The lowest BCUT2D eigenvalue weighted by Gasteiger charge is -2.35. The molecule has 0 bridgehead atoms. The fourth-order valence-corrected chi connectivity index (χ4v) is 3.38. The molecule has 1 aromatic carbocycles. The van der Waals surface area contributed by atoms with E-state index in [-0.39, 0.29) is 11.9 Å². The van der Waals surface area contributed by atoms with Crippen molar-refractivity contribution >= 4 is 17.6 Å². The summed E-state index contributed by atoms with van der Waals surface area (Å²) in [5.74, 6) is -0.159. The fourth-order valence-electron chi connectivity index (χ4n) is 3.38. The number of amides is 3. The number of imide groups is 1. The highest BCUT2D eigenvalue weighted by Crippen LogP contribution is 2.30. The van der Waals surface area contributed by atoms with E-state index < -0.39 is 5.54 Å². The van der Waals surface area contributed by atoms with E-state index in [1.54, 1.807) is 0 Å². The minimum atomic E-state index is -0.649. The Kier molecular flexibility index (Phi) is 4.81. The van der Waals surface area contributed by atoms with Crippen LogP contribution in [-0.4, -0.2) is 36.6 Å². The van der Waals surface area contributed by atoms with Crippen molar-refractivity contribution in [3.63, 3.8) is 0 Å². The van der Waals surface area contributed by atoms with Gasteiger partial charge in [0.05, 0.1) is 0 Å². The van der Waals surface area contributed by atoms with Crippen molar-refractivity contribution in [3.8, 4) is 0 Å². The molecule has 1 spiro atoms. The summed E-state index contributed by atoms with van der Waals surface area (Å²) >= 11 is 0. The smallest absolute Gasteiger partial charge is 0.322 e. The highest BCUT2D eigenvalue weighted by molar-refractivity contribution is 6.07. The first kappa shape index (κ1) is 15.8. The Hall–Kier alpha value is -2.08. The quantitative estimate of drug-likeness (QED) is 0.475. The molecular weight excluding hydrogens is 292 g/mol. The second-order valence-corrected chi connectivity index (χ2v) is 6.37. The van der Waals surface area contributed by atoms with Gasteiger partial charge < -0.3 is 16.0 Å². The summed E-state index contributed by atoms with van der Waals surface area (Å²) in [7, 11) is 0. The molecule has 0 radical (unpaired) electrons. The van der Waals surface area contributed by atoms with Gasteiger partial charge in [0, 0.05) is 18.3 Å². The predicted molar refractivity (Wildman–Crippen MR) is 89.2 cm³/mol. The molecule has 2 fully saturated rings. The Balaban J connectivity index is 1.32. The van der Waals surface area contributed by atoms with Gasteiger partial charge in [-0.1, -0.05) is 18.2 Å². The van der Waals surface area contributed by atoms with Crippen LogP contribution in [0.15, 0.2) is 30.3 Å². The minimum Gasteiger partial charge on any atom is -0.385 e. The molecule has 0 unspecified atom stereocenters. The zero-order valence-corrected chi connectivity index (χ0v) is 13.2. The van der Waals surface area contributed by atoms with Gasteiger partial charge in [-0.2, -0.15) is 0 Å². The van der Waals surface area contributed by atoms with Crippen LogP contribution in [0, 0.1) is 0 Å². The summed E-state index contributed by atoms with van der Waals surface area (Å²) in [6.45, 7) is 1.89. The van der Waals surface area contributed by atoms with Crippen LogP contribution >= 0.6 is 0 Å². The van der Waals surface area contributed by atoms with Gasteiger partial charge in [-0.3, -0.25) is 10.1 Å². The molecule has 1 saturated heterocycles. The largest absolute Gasteiger partial charge is 0.385 e. The molecule has 1 heterocycles. The molecule has 6 nitrogen and oxygen atoms in total. The Labute approximate surface area is 136 Å². The Morgan fingerprint density at radius 1 is 1.09 bits per heavy atom. The van der Waals surface area contributed by atoms with E-state index in [1.807, 2.05) is 18.2 Å². The minimum absolute atomic E-state index is 0.159. The van der Waals surface area contributed by atoms with Crippen molar-refractivity contribution in [3.05, 3.63) is 30.3 Å². The average Bonchev–Trinajstić information content (AvgIpc) is 2.83. The molecule has 0 aromatic heterocycles. The second kappa shape index (κ2) is 7.00. The molecule has 4 N–H and O–H groups in total. The van der Waals surface area contributed by atoms with E-state index in [9.17, 15) is 9.59 Å². The maximum absolute atomic E-state index is 11.9. The number of nitrogens with one attached hydrogen (secondary N) is 4. The summed E-state index contributed by atoms with van der Waals surface area (Å²) in [6.07, 6.45) is 4.31. The number of anilines is 1. The van der Waals surface area contributed by atoms with Crippen LogP contribution in [0.2, 0.25) is 0 Å². The lowest BCUT2D eigenvalue weighted by molar-refractivity contribution is -0.125. The van der Waals surface area contributed by atoms with Crippen LogP contribution in [-0.2, 0) is 4.79 Å². The molecule has 1 aliphatic carbocycles. The van der Waals surface area contributed by atoms with Crippen molar-refractivity contribution in [2.75, 3.05) is 18.4 Å². The molecular formula is C17H24N4O2. The number of carbonyl (C=O) groups is 2. The molecule has 1 aromatic rings. The van der Waals surface area contributed by atoms with Crippen molar-refractivity contribution in [2.24, 2.45) is 0 Å². The molecule has 3 rings (SSSR count). The molecule has 2 aliphatic rings. The zero-order valence-electron chi connectivity index (χ0n) is 13.2. The number of carbonyl (C=O) groups excluding carboxylic acids is 2. The van der Waals surface area contributed by atoms with Crippen LogP contribution in [0.3, 0.4) is 0 Å². The third-order valence-electron chi connectivity index (χ3n) is 4.74. The monoisotopic (exact) mass is 316 g/mol. The maximum Gasteiger partial charge on any atom is 0.322 e. The first-order valence-corrected chi connectivity index (χ1v) is 8.34. The SMILES string of the molecule is O=C1NC(=O)C2(CCC(NCCCNc3ccccc3)CC2)N1. The number of urea groups is 1. The highest BCUT2D eigenvalue weighted by Gasteiger charge is 2.47. The van der Waals surface area contributed by atoms with Gasteiger partial charge in [0.15, 0.2) is 0 Å². The van der Waals surface area contributed by atoms with E-state index in [0.29, 0.717) is 18.9 Å². The normalized spacial score (nSPS) is 26.9. The van der Waals surface area contributed by atoms with Crippen LogP contribution in [0.25, 0.3) is 0 Å². The molecule has 1 saturated carbocycles. The fraction of sp³-hybridized carbons (Fsp3) is 0.529. The number of hydrogen-bond donors (Lipinski definition) is 4. The van der Waals surface area contributed by atoms with E-state index >= 15 is 0 Å². The number of rotatable bonds is 6. The highest BCUT2D eigenvalue weighted by atomic mass is 16.2. The lowest BCUT2D eigenvalue weighted by Crippen LogP contribution is -2.52. The topological polar surface area (TPSA) is 82.3 Å². The van der Waals surface area contributed by atoms with Gasteiger partial charge in [-0.05, 0) is 50.8 Å². The van der Waals surface area contributed by atoms with Gasteiger partial charge in [-0.15, -0.1) is 0 Å². The Morgan fingerprint density at radius 3 is 2.48 bits per heavy atom. The number of benzene rings is 1. The molecule has 124 valence electrons. The van der Waals surface area contributed by atoms with Gasteiger partial charge in [0.25, 0.3) is 5.91 Å². The first-order chi connectivity index (χ1) is 11.2. The molecule has 0 atom stereocenters. The first-order valence-electron chi connectivity index (χ1n) is 8.34. The summed E-state index contributed by atoms with van der Waals surface area (Å²) in [5, 5.41) is 12.1. The molecule has 3 amide bonds. The van der Waals surface area contributed by atoms with Crippen molar-refractivity contribution in [2.45, 2.75) is 43.7 Å². The van der Waals surface area contributed by atoms with Crippen LogP contribution in [0.1, 0.15) is 32.1 Å². The summed E-state index contributed by atoms with van der Waals surface area (Å²) < 4.78 is 0. The van der Waals surface area contributed by atoms with E-state index in [4.69, 9.17) is 0 Å². The number of para-hydroxylation sites is 1. The van der Waals surface area contributed by atoms with E-state index in [1.165, 1.54) is 0 Å². The Bertz CT molecular complexity index is 553. The van der Waals surface area contributed by atoms with Gasteiger partial charge in [-0.25, -0.2) is 4.79 Å². The van der Waals surface area contributed by atoms with Crippen molar-refractivity contribution in [1.82, 2.24) is 16.0 Å². The Morgan fingerprint density at radius 2 is 1.83 bits per heavy atom. The molecule has 1 aliphatic heterocycles. The molecule has 23 heavy (non-hydrogen) atoms. The molecule has 6 heteroatoms. The van der Waals surface area contributed by atoms with Crippen molar-refractivity contribution < 1.29 is 9.59 Å². The third-order valence-corrected chi connectivity index (χ3v) is 4.74. The van der Waals surface area contributed by atoms with E-state index in [0.717, 1.165) is 38.0 Å². The summed E-state index contributed by atoms with van der Waals surface area (Å²) in [6, 6.07) is 10.3. The lowest BCUT2D eigenvalue weighted by atomic mass is 9.79. The summed E-state index contributed by atoms with van der Waals surface area (Å²) in [5.41, 5.74) is 0.500. The van der Waals surface area contributed by atoms with Crippen LogP contribution in [0.5, 0.6) is 0 Å². The summed E-state index contributed by atoms with van der Waals surface area (Å²) in [4.78, 5) is 23.2. The second-order valence-electron chi connectivity index (χ2n) is 6.37. The third kappa shape index (κ3) is 3.82. The zero-order chi connectivity index (χ0) is 16.1. The van der Waals surface area contributed by atoms with E-state index in [2.05, 4.69) is 33.4 Å². The van der Waals surface area contributed by atoms with Gasteiger partial charge >= 0.3 is 6.03 Å². The van der Waals surface area contributed by atoms with Crippen LogP contribution in [0.4, 0.5) is 10.5 Å². The van der Waals surface area contributed by atoms with Crippen LogP contribution < -0.4 is 21.3 Å². The maximum atomic E-state index is 11.9. The predicted octanol–water partition coefficient (Wildman–Crippen LogP) is 1.60.